The van der Waals surface area contributed by atoms with Crippen molar-refractivity contribution in [1.29, 1.82) is 0 Å². The van der Waals surface area contributed by atoms with Gasteiger partial charge in [-0.05, 0) is 67.2 Å². The van der Waals surface area contributed by atoms with Crippen molar-refractivity contribution in [2.75, 3.05) is 46.0 Å². The van der Waals surface area contributed by atoms with Crippen molar-refractivity contribution in [2.45, 2.75) is 38.1 Å². The third-order valence-electron chi connectivity index (χ3n) is 8.18. The second-order valence-electron chi connectivity index (χ2n) is 11.2. The van der Waals surface area contributed by atoms with E-state index in [-0.39, 0.29) is 36.7 Å². The number of carbonyl (C=O) groups excluding carboxylic acids is 2. The summed E-state index contributed by atoms with van der Waals surface area (Å²) in [6.45, 7) is 4.18. The van der Waals surface area contributed by atoms with Crippen molar-refractivity contribution in [3.8, 4) is 16.9 Å². The van der Waals surface area contributed by atoms with Gasteiger partial charge in [-0.15, -0.1) is 0 Å². The van der Waals surface area contributed by atoms with Gasteiger partial charge in [0.05, 0.1) is 24.0 Å². The number of ether oxygens (including phenoxy) is 2. The number of hydrogen-bond donors (Lipinski definition) is 2. The number of nitrogens with zero attached hydrogens (tertiary/aromatic N) is 2. The first-order chi connectivity index (χ1) is 21.7. The van der Waals surface area contributed by atoms with Gasteiger partial charge in [0.1, 0.15) is 16.7 Å². The van der Waals surface area contributed by atoms with Crippen LogP contribution in [0.25, 0.3) is 17.2 Å². The zero-order valence-electron chi connectivity index (χ0n) is 24.6. The summed E-state index contributed by atoms with van der Waals surface area (Å²) in [5.41, 5.74) is 1.63. The predicted octanol–water partition coefficient (Wildman–Crippen LogP) is 4.69. The summed E-state index contributed by atoms with van der Waals surface area (Å²) in [5, 5.41) is 12.1. The number of aliphatic carboxylic acids is 1. The Bertz CT molecular complexity index is 1470. The zero-order valence-corrected chi connectivity index (χ0v) is 26.3. The summed E-state index contributed by atoms with van der Waals surface area (Å²) in [5.74, 6) is -3.13. The van der Waals surface area contributed by atoms with Crippen LogP contribution in [0.2, 0.25) is 0 Å². The number of hydrogen-bond acceptors (Lipinski definition) is 8. The van der Waals surface area contributed by atoms with Gasteiger partial charge >= 0.3 is 5.97 Å². The van der Waals surface area contributed by atoms with Crippen LogP contribution in [-0.2, 0) is 19.1 Å². The van der Waals surface area contributed by atoms with Gasteiger partial charge in [0.25, 0.3) is 5.91 Å². The number of nitrogens with one attached hydrogen (secondary N) is 1. The van der Waals surface area contributed by atoms with Crippen LogP contribution >= 0.6 is 24.0 Å². The van der Waals surface area contributed by atoms with E-state index in [9.17, 15) is 23.2 Å². The fourth-order valence-electron chi connectivity index (χ4n) is 5.60. The van der Waals surface area contributed by atoms with Crippen LogP contribution in [0, 0.1) is 17.6 Å². The lowest BCUT2D eigenvalue weighted by Gasteiger charge is -2.27. The van der Waals surface area contributed by atoms with Gasteiger partial charge in [-0.1, -0.05) is 36.1 Å². The van der Waals surface area contributed by atoms with E-state index in [1.807, 2.05) is 0 Å². The van der Waals surface area contributed by atoms with E-state index in [2.05, 4.69) is 10.2 Å². The molecule has 2 aliphatic heterocycles. The maximum absolute atomic E-state index is 14.2. The molecule has 2 heterocycles. The first-order valence-corrected chi connectivity index (χ1v) is 16.2. The van der Waals surface area contributed by atoms with Crippen LogP contribution in [0.15, 0.2) is 41.3 Å². The molecule has 2 N–H and O–H groups in total. The SMILES string of the molecule is O=C(CCN1C(=O)C(=Cc2ccc(OCCN3CCOCC3)c(-c3ccc(F)c(F)c3)c2)SC1=S)NC1CCC(C(=O)O)CC1. The van der Waals surface area contributed by atoms with Crippen molar-refractivity contribution in [1.82, 2.24) is 15.1 Å². The monoisotopic (exact) mass is 659 g/mol. The molecule has 13 heteroatoms. The Morgan fingerprint density at radius 2 is 1.82 bits per heavy atom. The summed E-state index contributed by atoms with van der Waals surface area (Å²) >= 11 is 6.58. The maximum atomic E-state index is 14.2. The molecule has 0 radical (unpaired) electrons. The molecule has 5 rings (SSSR count). The van der Waals surface area contributed by atoms with Gasteiger partial charge in [0.2, 0.25) is 5.91 Å². The highest BCUT2D eigenvalue weighted by molar-refractivity contribution is 8.26. The average Bonchev–Trinajstić information content (AvgIpc) is 3.29. The number of rotatable bonds is 11. The molecule has 2 aromatic carbocycles. The third kappa shape index (κ3) is 8.66. The van der Waals surface area contributed by atoms with Crippen LogP contribution in [0.1, 0.15) is 37.7 Å². The molecule has 2 amide bonds. The molecular weight excluding hydrogens is 624 g/mol. The summed E-state index contributed by atoms with van der Waals surface area (Å²) in [6.07, 6.45) is 4.02. The standard InChI is InChI=1S/C32H35F2N3O6S2/c33-25-7-4-22(19-26(25)34)24-17-20(1-8-27(24)43-16-13-36-11-14-42-15-12-36)18-28-30(39)37(32(44)45-28)10-9-29(38)35-23-5-2-21(3-6-23)31(40)41/h1,4,7-8,17-19,21,23H,2-3,5-6,9-16H2,(H,35,38)(H,40,41). The smallest absolute Gasteiger partial charge is 0.306 e. The Kier molecular flexibility index (Phi) is 11.2. The Balaban J connectivity index is 1.24. The summed E-state index contributed by atoms with van der Waals surface area (Å²) in [6, 6.07) is 8.88. The molecule has 1 aliphatic carbocycles. The number of thioether (sulfide) groups is 1. The largest absolute Gasteiger partial charge is 0.492 e. The molecule has 45 heavy (non-hydrogen) atoms. The van der Waals surface area contributed by atoms with Crippen molar-refractivity contribution < 1.29 is 37.7 Å². The fraction of sp³-hybridized carbons (Fsp3) is 0.438. The van der Waals surface area contributed by atoms with Gasteiger partial charge in [-0.25, -0.2) is 8.78 Å². The molecule has 0 bridgehead atoms. The number of morpholine rings is 1. The molecule has 9 nitrogen and oxygen atoms in total. The molecule has 240 valence electrons. The number of thiocarbonyl (C=S) groups is 1. The molecule has 1 saturated carbocycles. The highest BCUT2D eigenvalue weighted by atomic mass is 32.2. The van der Waals surface area contributed by atoms with E-state index in [0.29, 0.717) is 83.7 Å². The Hall–Kier alpha value is -3.39. The molecule has 2 aromatic rings. The Morgan fingerprint density at radius 1 is 1.07 bits per heavy atom. The summed E-state index contributed by atoms with van der Waals surface area (Å²) in [4.78, 5) is 41.0. The number of benzene rings is 2. The quantitative estimate of drug-likeness (QED) is 0.262. The average molecular weight is 660 g/mol. The minimum absolute atomic E-state index is 0.0648. The maximum Gasteiger partial charge on any atom is 0.306 e. The minimum Gasteiger partial charge on any atom is -0.492 e. The van der Waals surface area contributed by atoms with Gasteiger partial charge in [0.15, 0.2) is 11.6 Å². The lowest BCUT2D eigenvalue weighted by Crippen LogP contribution is -2.40. The molecule has 3 aliphatic rings. The van der Waals surface area contributed by atoms with Crippen molar-refractivity contribution in [3.05, 3.63) is 58.5 Å². The van der Waals surface area contributed by atoms with E-state index in [4.69, 9.17) is 26.8 Å². The minimum atomic E-state index is -0.977. The molecule has 3 fully saturated rings. The van der Waals surface area contributed by atoms with Crippen LogP contribution in [0.5, 0.6) is 5.75 Å². The van der Waals surface area contributed by atoms with E-state index in [1.165, 1.54) is 11.0 Å². The van der Waals surface area contributed by atoms with Gasteiger partial charge in [-0.2, -0.15) is 0 Å². The fourth-order valence-corrected chi connectivity index (χ4v) is 6.91. The van der Waals surface area contributed by atoms with Gasteiger partial charge in [-0.3, -0.25) is 24.2 Å². The molecule has 0 atom stereocenters. The number of carbonyl (C=O) groups is 3. The lowest BCUT2D eigenvalue weighted by atomic mass is 9.86. The van der Waals surface area contributed by atoms with Crippen molar-refractivity contribution >= 4 is 52.2 Å². The van der Waals surface area contributed by atoms with Crippen molar-refractivity contribution in [2.24, 2.45) is 5.92 Å². The van der Waals surface area contributed by atoms with Crippen LogP contribution < -0.4 is 10.1 Å². The summed E-state index contributed by atoms with van der Waals surface area (Å²) < 4.78 is 39.7. The van der Waals surface area contributed by atoms with Crippen LogP contribution in [0.4, 0.5) is 8.78 Å². The Labute approximate surface area is 269 Å². The highest BCUT2D eigenvalue weighted by Gasteiger charge is 2.33. The number of carboxylic acid groups (broad SMARTS) is 1. The molecule has 0 aromatic heterocycles. The number of amides is 2. The Morgan fingerprint density at radius 3 is 2.53 bits per heavy atom. The van der Waals surface area contributed by atoms with Gasteiger partial charge < -0.3 is 19.9 Å². The first-order valence-electron chi connectivity index (χ1n) is 15.0. The highest BCUT2D eigenvalue weighted by Crippen LogP contribution is 2.36. The second kappa shape index (κ2) is 15.3. The summed E-state index contributed by atoms with van der Waals surface area (Å²) in [7, 11) is 0. The molecule has 0 unspecified atom stereocenters. The molecule has 2 saturated heterocycles. The lowest BCUT2D eigenvalue weighted by molar-refractivity contribution is -0.142. The molecular formula is C32H35F2N3O6S2. The van der Waals surface area contributed by atoms with E-state index >= 15 is 0 Å². The normalized spacial score (nSPS) is 21.7. The third-order valence-corrected chi connectivity index (χ3v) is 9.56. The number of halogens is 2. The van der Waals surface area contributed by atoms with Gasteiger partial charge in [0, 0.05) is 44.2 Å². The topological polar surface area (TPSA) is 108 Å². The van der Waals surface area contributed by atoms with E-state index in [1.54, 1.807) is 24.3 Å². The first kappa shape index (κ1) is 33.0. The second-order valence-corrected chi connectivity index (χ2v) is 12.9. The number of carboxylic acids is 1. The van der Waals surface area contributed by atoms with E-state index < -0.39 is 17.6 Å². The van der Waals surface area contributed by atoms with Crippen LogP contribution in [0.3, 0.4) is 0 Å². The molecule has 0 spiro atoms. The predicted molar refractivity (Wildman–Crippen MR) is 171 cm³/mol. The van der Waals surface area contributed by atoms with E-state index in [0.717, 1.165) is 37.0 Å². The zero-order chi connectivity index (χ0) is 31.9. The van der Waals surface area contributed by atoms with Crippen LogP contribution in [-0.4, -0.2) is 89.1 Å². The van der Waals surface area contributed by atoms with Crippen molar-refractivity contribution in [3.63, 3.8) is 0 Å².